The van der Waals surface area contributed by atoms with Gasteiger partial charge in [0.15, 0.2) is 0 Å². The first kappa shape index (κ1) is 13.3. The van der Waals surface area contributed by atoms with Gasteiger partial charge in [0.05, 0.1) is 0 Å². The minimum atomic E-state index is 0.369. The van der Waals surface area contributed by atoms with E-state index in [2.05, 4.69) is 48.1 Å². The average molecular weight is 247 g/mol. The Morgan fingerprint density at radius 1 is 1.33 bits per heavy atom. The van der Waals surface area contributed by atoms with Gasteiger partial charge in [0.2, 0.25) is 0 Å². The Morgan fingerprint density at radius 3 is 2.61 bits per heavy atom. The van der Waals surface area contributed by atoms with Crippen LogP contribution in [0.5, 0.6) is 0 Å². The number of pyridine rings is 1. The third-order valence-corrected chi connectivity index (χ3v) is 4.20. The summed E-state index contributed by atoms with van der Waals surface area (Å²) in [6.45, 7) is 9.10. The molecule has 1 N–H and O–H groups in total. The summed E-state index contributed by atoms with van der Waals surface area (Å²) in [7, 11) is 1.98. The first-order chi connectivity index (χ1) is 8.61. The van der Waals surface area contributed by atoms with Crippen molar-refractivity contribution in [1.29, 1.82) is 0 Å². The van der Waals surface area contributed by atoms with Crippen LogP contribution < -0.4 is 10.2 Å². The van der Waals surface area contributed by atoms with Gasteiger partial charge >= 0.3 is 0 Å². The maximum Gasteiger partial charge on any atom is 0.128 e. The van der Waals surface area contributed by atoms with Gasteiger partial charge < -0.3 is 10.2 Å². The van der Waals surface area contributed by atoms with E-state index < -0.39 is 0 Å². The molecule has 1 saturated heterocycles. The van der Waals surface area contributed by atoms with Crippen LogP contribution in [0, 0.1) is 11.8 Å². The zero-order chi connectivity index (χ0) is 13.1. The number of hydrogen-bond donors (Lipinski definition) is 1. The summed E-state index contributed by atoms with van der Waals surface area (Å²) in [6, 6.07) is 4.71. The molecule has 2 unspecified atom stereocenters. The van der Waals surface area contributed by atoms with Crippen LogP contribution in [0.15, 0.2) is 18.3 Å². The molecule has 0 aliphatic carbocycles. The Balaban J connectivity index is 2.02. The van der Waals surface area contributed by atoms with Gasteiger partial charge in [0.1, 0.15) is 5.82 Å². The molecule has 3 nitrogen and oxygen atoms in total. The molecule has 0 bridgehead atoms. The van der Waals surface area contributed by atoms with Gasteiger partial charge in [0.25, 0.3) is 0 Å². The van der Waals surface area contributed by atoms with E-state index in [-0.39, 0.29) is 0 Å². The fraction of sp³-hybridized carbons (Fsp3) is 0.667. The standard InChI is InChI=1S/C15H25N3/c1-11(2)14-7-8-18(10-14)15-6-5-13(9-17-15)12(3)16-4/h5-6,9,11-12,14,16H,7-8,10H2,1-4H3. The lowest BCUT2D eigenvalue weighted by Crippen LogP contribution is -2.22. The minimum absolute atomic E-state index is 0.369. The SMILES string of the molecule is CNC(C)c1ccc(N2CCC(C(C)C)C2)nc1. The van der Waals surface area contributed by atoms with E-state index in [0.717, 1.165) is 30.7 Å². The van der Waals surface area contributed by atoms with Crippen molar-refractivity contribution in [3.8, 4) is 0 Å². The van der Waals surface area contributed by atoms with Crippen molar-refractivity contribution in [2.45, 2.75) is 33.2 Å². The van der Waals surface area contributed by atoms with E-state index in [4.69, 9.17) is 0 Å². The van der Waals surface area contributed by atoms with Crippen molar-refractivity contribution in [2.75, 3.05) is 25.0 Å². The molecule has 0 radical (unpaired) electrons. The van der Waals surface area contributed by atoms with Crippen molar-refractivity contribution in [1.82, 2.24) is 10.3 Å². The number of nitrogens with zero attached hydrogens (tertiary/aromatic N) is 2. The van der Waals surface area contributed by atoms with Crippen molar-refractivity contribution in [3.63, 3.8) is 0 Å². The fourth-order valence-electron chi connectivity index (χ4n) is 2.55. The van der Waals surface area contributed by atoms with Crippen LogP contribution in [0.4, 0.5) is 5.82 Å². The second-order valence-electron chi connectivity index (χ2n) is 5.70. The molecule has 2 atom stereocenters. The maximum atomic E-state index is 4.61. The number of anilines is 1. The second kappa shape index (κ2) is 5.70. The Hall–Kier alpha value is -1.09. The summed E-state index contributed by atoms with van der Waals surface area (Å²) in [5, 5.41) is 3.24. The zero-order valence-corrected chi connectivity index (χ0v) is 12.0. The van der Waals surface area contributed by atoms with E-state index in [9.17, 15) is 0 Å². The highest BCUT2D eigenvalue weighted by Gasteiger charge is 2.25. The summed E-state index contributed by atoms with van der Waals surface area (Å²) in [4.78, 5) is 7.02. The van der Waals surface area contributed by atoms with Crippen LogP contribution in [0.3, 0.4) is 0 Å². The highest BCUT2D eigenvalue weighted by atomic mass is 15.2. The van der Waals surface area contributed by atoms with Gasteiger partial charge in [-0.1, -0.05) is 19.9 Å². The van der Waals surface area contributed by atoms with Crippen LogP contribution in [0.25, 0.3) is 0 Å². The lowest BCUT2D eigenvalue weighted by molar-refractivity contribution is 0.422. The highest BCUT2D eigenvalue weighted by Crippen LogP contribution is 2.27. The number of hydrogen-bond acceptors (Lipinski definition) is 3. The van der Waals surface area contributed by atoms with E-state index in [1.54, 1.807) is 0 Å². The van der Waals surface area contributed by atoms with Crippen LogP contribution >= 0.6 is 0 Å². The van der Waals surface area contributed by atoms with Crippen molar-refractivity contribution >= 4 is 5.82 Å². The summed E-state index contributed by atoms with van der Waals surface area (Å²) in [6.07, 6.45) is 3.30. The molecule has 1 aliphatic heterocycles. The first-order valence-corrected chi connectivity index (χ1v) is 7.00. The summed E-state index contributed by atoms with van der Waals surface area (Å²) in [5.41, 5.74) is 1.25. The molecule has 3 heteroatoms. The quantitative estimate of drug-likeness (QED) is 0.887. The highest BCUT2D eigenvalue weighted by molar-refractivity contribution is 5.41. The zero-order valence-electron chi connectivity index (χ0n) is 12.0. The Labute approximate surface area is 111 Å². The van der Waals surface area contributed by atoms with E-state index in [1.165, 1.54) is 12.0 Å². The number of nitrogens with one attached hydrogen (secondary N) is 1. The normalized spacial score (nSPS) is 21.6. The molecule has 0 saturated carbocycles. The summed E-state index contributed by atoms with van der Waals surface area (Å²) < 4.78 is 0. The largest absolute Gasteiger partial charge is 0.356 e. The second-order valence-corrected chi connectivity index (χ2v) is 5.70. The molecule has 1 fully saturated rings. The average Bonchev–Trinajstić information content (AvgIpc) is 2.88. The molecular weight excluding hydrogens is 222 g/mol. The predicted octanol–water partition coefficient (Wildman–Crippen LogP) is 2.84. The third-order valence-electron chi connectivity index (χ3n) is 4.20. The molecule has 100 valence electrons. The van der Waals surface area contributed by atoms with Crippen molar-refractivity contribution in [3.05, 3.63) is 23.9 Å². The summed E-state index contributed by atoms with van der Waals surface area (Å²) >= 11 is 0. The fourth-order valence-corrected chi connectivity index (χ4v) is 2.55. The summed E-state index contributed by atoms with van der Waals surface area (Å²) in [5.74, 6) is 2.73. The van der Waals surface area contributed by atoms with Gasteiger partial charge in [-0.15, -0.1) is 0 Å². The lowest BCUT2D eigenvalue weighted by atomic mass is 9.95. The minimum Gasteiger partial charge on any atom is -0.356 e. The third kappa shape index (κ3) is 2.83. The maximum absolute atomic E-state index is 4.61. The van der Waals surface area contributed by atoms with E-state index in [0.29, 0.717) is 6.04 Å². The first-order valence-electron chi connectivity index (χ1n) is 7.00. The Kier molecular flexibility index (Phi) is 4.23. The van der Waals surface area contributed by atoms with Crippen molar-refractivity contribution < 1.29 is 0 Å². The van der Waals surface area contributed by atoms with Gasteiger partial charge in [-0.25, -0.2) is 4.98 Å². The van der Waals surface area contributed by atoms with Gasteiger partial charge in [-0.05, 0) is 43.9 Å². The van der Waals surface area contributed by atoms with Crippen LogP contribution in [0.1, 0.15) is 38.8 Å². The molecule has 2 heterocycles. The number of rotatable bonds is 4. The van der Waals surface area contributed by atoms with Gasteiger partial charge in [-0.3, -0.25) is 0 Å². The molecule has 0 amide bonds. The van der Waals surface area contributed by atoms with E-state index in [1.807, 2.05) is 13.2 Å². The Bertz CT molecular complexity index is 372. The molecule has 18 heavy (non-hydrogen) atoms. The van der Waals surface area contributed by atoms with Crippen LogP contribution in [0.2, 0.25) is 0 Å². The van der Waals surface area contributed by atoms with E-state index >= 15 is 0 Å². The monoisotopic (exact) mass is 247 g/mol. The van der Waals surface area contributed by atoms with Crippen molar-refractivity contribution in [2.24, 2.45) is 11.8 Å². The molecule has 0 spiro atoms. The van der Waals surface area contributed by atoms with Gasteiger partial charge in [0, 0.05) is 25.3 Å². The smallest absolute Gasteiger partial charge is 0.128 e. The number of aromatic nitrogens is 1. The molecule has 1 aromatic rings. The van der Waals surface area contributed by atoms with Crippen LogP contribution in [-0.2, 0) is 0 Å². The molecule has 1 aromatic heterocycles. The molecule has 2 rings (SSSR count). The molecular formula is C15H25N3. The van der Waals surface area contributed by atoms with Gasteiger partial charge in [-0.2, -0.15) is 0 Å². The molecule has 1 aliphatic rings. The lowest BCUT2D eigenvalue weighted by Gasteiger charge is -2.19. The predicted molar refractivity (Wildman–Crippen MR) is 76.9 cm³/mol. The van der Waals surface area contributed by atoms with Crippen LogP contribution in [-0.4, -0.2) is 25.1 Å². The molecule has 0 aromatic carbocycles. The topological polar surface area (TPSA) is 28.2 Å². The Morgan fingerprint density at radius 2 is 2.11 bits per heavy atom.